The Balaban J connectivity index is 1.48. The van der Waals surface area contributed by atoms with Gasteiger partial charge in [0.25, 0.3) is 0 Å². The molecule has 0 saturated carbocycles. The number of pyridine rings is 1. The van der Waals surface area contributed by atoms with Gasteiger partial charge in [0.2, 0.25) is 5.95 Å². The third-order valence-corrected chi connectivity index (χ3v) is 5.36. The molecule has 29 heavy (non-hydrogen) atoms. The number of nitrogen functional groups attached to an aromatic ring is 1. The number of hydrogen-bond acceptors (Lipinski definition) is 6. The molecule has 0 fully saturated rings. The van der Waals surface area contributed by atoms with Crippen LogP contribution in [0.5, 0.6) is 0 Å². The van der Waals surface area contributed by atoms with Gasteiger partial charge < -0.3 is 10.6 Å². The fraction of sp³-hybridized carbons (Fsp3) is 0.304. The maximum absolute atomic E-state index is 12.8. The van der Waals surface area contributed by atoms with Crippen molar-refractivity contribution in [3.63, 3.8) is 0 Å². The third-order valence-electron chi connectivity index (χ3n) is 5.36. The molecule has 0 radical (unpaired) electrons. The van der Waals surface area contributed by atoms with Crippen molar-refractivity contribution in [3.8, 4) is 0 Å². The van der Waals surface area contributed by atoms with Crippen molar-refractivity contribution >= 4 is 17.4 Å². The SMILES string of the molecule is CC(C)c1ccc(CC(=O)c2cc(N3CCc4nc(N)ncc4C3)ccn2)cc1. The van der Waals surface area contributed by atoms with Crippen LogP contribution in [0.25, 0.3) is 0 Å². The highest BCUT2D eigenvalue weighted by atomic mass is 16.1. The molecule has 0 atom stereocenters. The molecular weight excluding hydrogens is 362 g/mol. The molecule has 1 aliphatic heterocycles. The van der Waals surface area contributed by atoms with E-state index < -0.39 is 0 Å². The van der Waals surface area contributed by atoms with Crippen LogP contribution >= 0.6 is 0 Å². The van der Waals surface area contributed by atoms with Crippen LogP contribution in [0.3, 0.4) is 0 Å². The van der Waals surface area contributed by atoms with Gasteiger partial charge in [0.05, 0.1) is 5.69 Å². The number of anilines is 2. The summed E-state index contributed by atoms with van der Waals surface area (Å²) in [4.78, 5) is 27.8. The number of nitrogens with zero attached hydrogens (tertiary/aromatic N) is 4. The van der Waals surface area contributed by atoms with Gasteiger partial charge in [0.1, 0.15) is 5.69 Å². The van der Waals surface area contributed by atoms with E-state index >= 15 is 0 Å². The van der Waals surface area contributed by atoms with Crippen LogP contribution in [-0.2, 0) is 19.4 Å². The monoisotopic (exact) mass is 387 g/mol. The van der Waals surface area contributed by atoms with E-state index in [1.807, 2.05) is 24.3 Å². The Bertz CT molecular complexity index is 1030. The third kappa shape index (κ3) is 4.26. The summed E-state index contributed by atoms with van der Waals surface area (Å²) in [6, 6.07) is 12.1. The van der Waals surface area contributed by atoms with E-state index in [-0.39, 0.29) is 5.78 Å². The zero-order valence-corrected chi connectivity index (χ0v) is 16.8. The zero-order chi connectivity index (χ0) is 20.4. The van der Waals surface area contributed by atoms with Crippen molar-refractivity contribution < 1.29 is 4.79 Å². The Morgan fingerprint density at radius 1 is 1.17 bits per heavy atom. The van der Waals surface area contributed by atoms with Gasteiger partial charge in [-0.15, -0.1) is 0 Å². The molecule has 2 N–H and O–H groups in total. The number of hydrogen-bond donors (Lipinski definition) is 1. The molecule has 0 saturated heterocycles. The lowest BCUT2D eigenvalue weighted by atomic mass is 9.99. The Hall–Kier alpha value is -3.28. The Morgan fingerprint density at radius 3 is 2.72 bits per heavy atom. The van der Waals surface area contributed by atoms with Crippen LogP contribution in [0.4, 0.5) is 11.6 Å². The van der Waals surface area contributed by atoms with Gasteiger partial charge in [-0.2, -0.15) is 0 Å². The lowest BCUT2D eigenvalue weighted by molar-refractivity contribution is 0.0988. The van der Waals surface area contributed by atoms with E-state index in [0.29, 0.717) is 30.5 Å². The quantitative estimate of drug-likeness (QED) is 0.674. The van der Waals surface area contributed by atoms with Crippen LogP contribution < -0.4 is 10.6 Å². The van der Waals surface area contributed by atoms with Crippen molar-refractivity contribution in [1.82, 2.24) is 15.0 Å². The van der Waals surface area contributed by atoms with E-state index in [1.54, 1.807) is 12.4 Å². The van der Waals surface area contributed by atoms with Gasteiger partial charge in [0.15, 0.2) is 5.78 Å². The van der Waals surface area contributed by atoms with Crippen LogP contribution in [-0.4, -0.2) is 27.3 Å². The number of aromatic nitrogens is 3. The lowest BCUT2D eigenvalue weighted by Gasteiger charge is -2.30. The van der Waals surface area contributed by atoms with Crippen molar-refractivity contribution in [1.29, 1.82) is 0 Å². The van der Waals surface area contributed by atoms with Gasteiger partial charge >= 0.3 is 0 Å². The number of fused-ring (bicyclic) bond motifs is 1. The fourth-order valence-electron chi connectivity index (χ4n) is 3.62. The molecule has 2 aromatic heterocycles. The predicted octanol–water partition coefficient (Wildman–Crippen LogP) is 3.57. The van der Waals surface area contributed by atoms with Crippen molar-refractivity contribution in [3.05, 3.63) is 76.9 Å². The van der Waals surface area contributed by atoms with E-state index in [9.17, 15) is 4.79 Å². The summed E-state index contributed by atoms with van der Waals surface area (Å²) >= 11 is 0. The van der Waals surface area contributed by atoms with Gasteiger partial charge in [0, 0.05) is 49.6 Å². The Kier molecular flexibility index (Phi) is 5.25. The minimum Gasteiger partial charge on any atom is -0.368 e. The van der Waals surface area contributed by atoms with Gasteiger partial charge in [-0.1, -0.05) is 38.1 Å². The average Bonchev–Trinajstić information content (AvgIpc) is 2.74. The molecule has 0 aliphatic carbocycles. The Morgan fingerprint density at radius 2 is 1.97 bits per heavy atom. The molecular formula is C23H25N5O. The molecule has 6 heteroatoms. The van der Waals surface area contributed by atoms with Crippen molar-refractivity contribution in [2.24, 2.45) is 0 Å². The van der Waals surface area contributed by atoms with E-state index in [0.717, 1.165) is 35.5 Å². The molecule has 4 rings (SSSR count). The summed E-state index contributed by atoms with van der Waals surface area (Å²) in [5.74, 6) is 0.822. The fourth-order valence-corrected chi connectivity index (χ4v) is 3.62. The maximum atomic E-state index is 12.8. The number of carbonyl (C=O) groups excluding carboxylic acids is 1. The molecule has 3 aromatic rings. The molecule has 0 unspecified atom stereocenters. The van der Waals surface area contributed by atoms with Crippen molar-refractivity contribution in [2.75, 3.05) is 17.2 Å². The average molecular weight is 387 g/mol. The summed E-state index contributed by atoms with van der Waals surface area (Å²) in [5.41, 5.74) is 11.5. The number of Topliss-reactive ketones (excluding diaryl/α,β-unsaturated/α-hetero) is 1. The van der Waals surface area contributed by atoms with Gasteiger partial charge in [-0.3, -0.25) is 9.78 Å². The number of carbonyl (C=O) groups is 1. The first kappa shape index (κ1) is 19.1. The van der Waals surface area contributed by atoms with Crippen LogP contribution in [0.1, 0.15) is 52.6 Å². The predicted molar refractivity (Wildman–Crippen MR) is 114 cm³/mol. The molecule has 0 bridgehead atoms. The second-order valence-electron chi connectivity index (χ2n) is 7.77. The van der Waals surface area contributed by atoms with Crippen LogP contribution in [0.15, 0.2) is 48.8 Å². The summed E-state index contributed by atoms with van der Waals surface area (Å²) < 4.78 is 0. The second-order valence-corrected chi connectivity index (χ2v) is 7.77. The lowest BCUT2D eigenvalue weighted by Crippen LogP contribution is -2.31. The van der Waals surface area contributed by atoms with Gasteiger partial charge in [-0.05, 0) is 29.2 Å². The van der Waals surface area contributed by atoms with E-state index in [1.165, 1.54) is 5.56 Å². The molecule has 6 nitrogen and oxygen atoms in total. The Labute approximate surface area is 170 Å². The largest absolute Gasteiger partial charge is 0.368 e. The number of ketones is 1. The summed E-state index contributed by atoms with van der Waals surface area (Å²) in [6.45, 7) is 5.84. The van der Waals surface area contributed by atoms with E-state index in [2.05, 4.69) is 45.8 Å². The molecule has 1 aromatic carbocycles. The number of benzene rings is 1. The summed E-state index contributed by atoms with van der Waals surface area (Å²) in [7, 11) is 0. The van der Waals surface area contributed by atoms with Gasteiger partial charge in [-0.25, -0.2) is 9.97 Å². The standard InChI is InChI=1S/C23H25N5O/c1-15(2)17-5-3-16(4-6-17)11-22(29)21-12-19(7-9-25-21)28-10-8-20-18(14-28)13-26-23(24)27-20/h3-7,9,12-13,15H,8,10-11,14H2,1-2H3,(H2,24,26,27). The first-order chi connectivity index (χ1) is 14.0. The molecule has 0 spiro atoms. The molecule has 0 amide bonds. The van der Waals surface area contributed by atoms with Crippen LogP contribution in [0, 0.1) is 0 Å². The normalized spacial score (nSPS) is 13.4. The molecule has 3 heterocycles. The smallest absolute Gasteiger partial charge is 0.220 e. The first-order valence-electron chi connectivity index (χ1n) is 9.93. The highest BCUT2D eigenvalue weighted by Gasteiger charge is 2.20. The van der Waals surface area contributed by atoms with Crippen LogP contribution in [0.2, 0.25) is 0 Å². The van der Waals surface area contributed by atoms with E-state index in [4.69, 9.17) is 5.73 Å². The molecule has 148 valence electrons. The second kappa shape index (κ2) is 7.99. The molecule has 1 aliphatic rings. The minimum absolute atomic E-state index is 0.0256. The zero-order valence-electron chi connectivity index (χ0n) is 16.8. The summed E-state index contributed by atoms with van der Waals surface area (Å²) in [5, 5.41) is 0. The van der Waals surface area contributed by atoms with Crippen molar-refractivity contribution in [2.45, 2.75) is 39.2 Å². The topological polar surface area (TPSA) is 85.0 Å². The highest BCUT2D eigenvalue weighted by molar-refractivity contribution is 5.96. The number of rotatable bonds is 5. The minimum atomic E-state index is 0.0256. The first-order valence-corrected chi connectivity index (χ1v) is 9.93. The maximum Gasteiger partial charge on any atom is 0.220 e. The highest BCUT2D eigenvalue weighted by Crippen LogP contribution is 2.24. The number of nitrogens with two attached hydrogens (primary N) is 1. The summed E-state index contributed by atoms with van der Waals surface area (Å²) in [6.07, 6.45) is 4.65.